The Morgan fingerprint density at radius 1 is 1.20 bits per heavy atom. The van der Waals surface area contributed by atoms with Crippen LogP contribution in [0.25, 0.3) is 10.6 Å². The second-order valence-electron chi connectivity index (χ2n) is 5.56. The van der Waals surface area contributed by atoms with E-state index < -0.39 is 0 Å². The Hall–Kier alpha value is -2.58. The van der Waals surface area contributed by atoms with E-state index in [2.05, 4.69) is 25.6 Å². The van der Waals surface area contributed by atoms with Crippen LogP contribution in [0.3, 0.4) is 0 Å². The zero-order chi connectivity index (χ0) is 17.8. The summed E-state index contributed by atoms with van der Waals surface area (Å²) in [7, 11) is 0. The molecule has 0 aliphatic rings. The fourth-order valence-corrected chi connectivity index (χ4v) is 3.21. The molecule has 1 unspecified atom stereocenters. The number of rotatable bonds is 6. The third-order valence-electron chi connectivity index (χ3n) is 3.43. The van der Waals surface area contributed by atoms with Gasteiger partial charge in [-0.2, -0.15) is 0 Å². The second kappa shape index (κ2) is 7.54. The van der Waals surface area contributed by atoms with Crippen LogP contribution in [-0.4, -0.2) is 32.7 Å². The molecule has 3 N–H and O–H groups in total. The van der Waals surface area contributed by atoms with Gasteiger partial charge in [-0.1, -0.05) is 11.3 Å². The quantitative estimate of drug-likeness (QED) is 0.624. The third-order valence-corrected chi connectivity index (χ3v) is 4.54. The molecule has 0 spiro atoms. The number of anilines is 3. The maximum atomic E-state index is 13.0. The van der Waals surface area contributed by atoms with Gasteiger partial charge in [0, 0.05) is 17.9 Å². The highest BCUT2D eigenvalue weighted by Crippen LogP contribution is 2.32. The zero-order valence-electron chi connectivity index (χ0n) is 13.8. The minimum absolute atomic E-state index is 0.0349. The van der Waals surface area contributed by atoms with Crippen LogP contribution in [0.2, 0.25) is 0 Å². The van der Waals surface area contributed by atoms with E-state index in [-0.39, 0.29) is 18.5 Å². The molecule has 0 radical (unpaired) electrons. The van der Waals surface area contributed by atoms with Crippen LogP contribution in [0.5, 0.6) is 0 Å². The van der Waals surface area contributed by atoms with E-state index in [1.54, 1.807) is 18.3 Å². The lowest BCUT2D eigenvalue weighted by Crippen LogP contribution is -2.18. The van der Waals surface area contributed by atoms with E-state index in [0.717, 1.165) is 21.4 Å². The fourth-order valence-electron chi connectivity index (χ4n) is 2.16. The molecule has 0 saturated carbocycles. The molecule has 130 valence electrons. The van der Waals surface area contributed by atoms with E-state index >= 15 is 0 Å². The number of aromatic nitrogens is 3. The van der Waals surface area contributed by atoms with Gasteiger partial charge in [0.25, 0.3) is 0 Å². The number of nitrogens with one attached hydrogen (secondary N) is 2. The number of hydrogen-bond donors (Lipinski definition) is 3. The smallest absolute Gasteiger partial charge is 0.227 e. The van der Waals surface area contributed by atoms with Gasteiger partial charge in [-0.05, 0) is 44.2 Å². The number of nitrogens with zero attached hydrogens (tertiary/aromatic N) is 3. The molecule has 0 aliphatic heterocycles. The van der Waals surface area contributed by atoms with Crippen LogP contribution < -0.4 is 10.6 Å². The van der Waals surface area contributed by atoms with E-state index in [1.807, 2.05) is 19.9 Å². The van der Waals surface area contributed by atoms with Gasteiger partial charge in [0.1, 0.15) is 5.82 Å². The number of thiazole rings is 1. The normalized spacial score (nSPS) is 12.0. The van der Waals surface area contributed by atoms with Gasteiger partial charge in [0.15, 0.2) is 5.13 Å². The summed E-state index contributed by atoms with van der Waals surface area (Å²) in [5, 5.41) is 16.1. The van der Waals surface area contributed by atoms with Crippen LogP contribution in [-0.2, 0) is 0 Å². The zero-order valence-corrected chi connectivity index (χ0v) is 14.6. The summed E-state index contributed by atoms with van der Waals surface area (Å²) in [6.45, 7) is 3.83. The predicted molar refractivity (Wildman–Crippen MR) is 97.7 cm³/mol. The Labute approximate surface area is 148 Å². The maximum Gasteiger partial charge on any atom is 0.227 e. The predicted octanol–water partition coefficient (Wildman–Crippen LogP) is 3.58. The van der Waals surface area contributed by atoms with Crippen molar-refractivity contribution in [2.75, 3.05) is 17.2 Å². The van der Waals surface area contributed by atoms with Crippen molar-refractivity contribution in [2.45, 2.75) is 19.9 Å². The first-order chi connectivity index (χ1) is 12.0. The third kappa shape index (κ3) is 4.28. The molecule has 0 bridgehead atoms. The van der Waals surface area contributed by atoms with Crippen molar-refractivity contribution in [1.29, 1.82) is 0 Å². The summed E-state index contributed by atoms with van der Waals surface area (Å²) >= 11 is 1.47. The minimum Gasteiger partial charge on any atom is -0.394 e. The average molecular weight is 359 g/mol. The first kappa shape index (κ1) is 17.2. The Bertz CT molecular complexity index is 852. The second-order valence-corrected chi connectivity index (χ2v) is 6.56. The first-order valence-corrected chi connectivity index (χ1v) is 8.57. The van der Waals surface area contributed by atoms with Gasteiger partial charge >= 0.3 is 0 Å². The molecular formula is C17H18FN5OS. The molecule has 2 aromatic heterocycles. The van der Waals surface area contributed by atoms with Gasteiger partial charge < -0.3 is 15.7 Å². The highest BCUT2D eigenvalue weighted by Gasteiger charge is 2.13. The summed E-state index contributed by atoms with van der Waals surface area (Å²) in [6.07, 6.45) is 1.66. The van der Waals surface area contributed by atoms with Crippen LogP contribution in [0, 0.1) is 12.7 Å². The first-order valence-electron chi connectivity index (χ1n) is 7.76. The molecule has 3 rings (SSSR count). The van der Waals surface area contributed by atoms with Crippen molar-refractivity contribution in [3.63, 3.8) is 0 Å². The topological polar surface area (TPSA) is 83.0 Å². The summed E-state index contributed by atoms with van der Waals surface area (Å²) in [4.78, 5) is 14.1. The van der Waals surface area contributed by atoms with Crippen molar-refractivity contribution in [3.8, 4) is 10.6 Å². The molecule has 0 saturated heterocycles. The minimum atomic E-state index is -0.294. The Balaban J connectivity index is 1.82. The van der Waals surface area contributed by atoms with Crippen LogP contribution in [0.15, 0.2) is 36.5 Å². The number of halogens is 1. The van der Waals surface area contributed by atoms with Crippen LogP contribution >= 0.6 is 11.3 Å². The Morgan fingerprint density at radius 3 is 2.68 bits per heavy atom. The van der Waals surface area contributed by atoms with Crippen LogP contribution in [0.4, 0.5) is 21.2 Å². The van der Waals surface area contributed by atoms with Gasteiger partial charge in [0.05, 0.1) is 22.9 Å². The molecule has 25 heavy (non-hydrogen) atoms. The molecule has 0 aliphatic carbocycles. The molecule has 0 amide bonds. The van der Waals surface area contributed by atoms with Crippen molar-refractivity contribution in [1.82, 2.24) is 15.0 Å². The van der Waals surface area contributed by atoms with Gasteiger partial charge in [-0.3, -0.25) is 0 Å². The molecule has 0 fully saturated rings. The van der Waals surface area contributed by atoms with E-state index in [1.165, 1.54) is 23.5 Å². The lowest BCUT2D eigenvalue weighted by atomic mass is 10.3. The standard InChI is InChI=1S/C17H18FN5OS/c1-10(9-24)20-17-21-11(2)15(25-17)14-7-8-19-16(23-14)22-13-5-3-12(18)4-6-13/h3-8,10,24H,9H2,1-2H3,(H,20,21)(H,19,22,23). The SMILES string of the molecule is Cc1nc(NC(C)CO)sc1-c1ccnc(Nc2ccc(F)cc2)n1. The summed E-state index contributed by atoms with van der Waals surface area (Å²) < 4.78 is 13.0. The fraction of sp³-hybridized carbons (Fsp3) is 0.235. The van der Waals surface area contributed by atoms with Crippen molar-refractivity contribution >= 4 is 28.1 Å². The van der Waals surface area contributed by atoms with Gasteiger partial charge in [-0.25, -0.2) is 19.3 Å². The number of aliphatic hydroxyl groups is 1. The summed E-state index contributed by atoms with van der Waals surface area (Å²) in [6, 6.07) is 7.75. The Kier molecular flexibility index (Phi) is 5.20. The monoisotopic (exact) mass is 359 g/mol. The molecule has 8 heteroatoms. The molecular weight excluding hydrogens is 341 g/mol. The van der Waals surface area contributed by atoms with Crippen molar-refractivity contribution in [3.05, 3.63) is 48.0 Å². The van der Waals surface area contributed by atoms with E-state index in [0.29, 0.717) is 11.6 Å². The largest absolute Gasteiger partial charge is 0.394 e. The summed E-state index contributed by atoms with van der Waals surface area (Å²) in [5.41, 5.74) is 2.31. The highest BCUT2D eigenvalue weighted by atomic mass is 32.1. The number of hydrogen-bond acceptors (Lipinski definition) is 7. The lowest BCUT2D eigenvalue weighted by molar-refractivity contribution is 0.281. The maximum absolute atomic E-state index is 13.0. The molecule has 1 aromatic carbocycles. The van der Waals surface area contributed by atoms with Gasteiger partial charge in [-0.15, -0.1) is 0 Å². The lowest BCUT2D eigenvalue weighted by Gasteiger charge is -2.08. The molecule has 6 nitrogen and oxygen atoms in total. The molecule has 1 atom stereocenters. The van der Waals surface area contributed by atoms with Crippen molar-refractivity contribution < 1.29 is 9.50 Å². The van der Waals surface area contributed by atoms with E-state index in [4.69, 9.17) is 5.11 Å². The van der Waals surface area contributed by atoms with Crippen LogP contribution in [0.1, 0.15) is 12.6 Å². The van der Waals surface area contributed by atoms with E-state index in [9.17, 15) is 4.39 Å². The average Bonchev–Trinajstić information content (AvgIpc) is 2.97. The summed E-state index contributed by atoms with van der Waals surface area (Å²) in [5.74, 6) is 0.132. The number of benzene rings is 1. The number of aliphatic hydroxyl groups excluding tert-OH is 1. The number of aryl methyl sites for hydroxylation is 1. The van der Waals surface area contributed by atoms with Crippen molar-refractivity contribution in [2.24, 2.45) is 0 Å². The van der Waals surface area contributed by atoms with Gasteiger partial charge in [0.2, 0.25) is 5.95 Å². The Morgan fingerprint density at radius 2 is 1.96 bits per heavy atom. The molecule has 3 aromatic rings. The molecule has 2 heterocycles. The highest BCUT2D eigenvalue weighted by molar-refractivity contribution is 7.19.